The van der Waals surface area contributed by atoms with E-state index in [1.54, 1.807) is 25.6 Å². The Morgan fingerprint density at radius 2 is 1.64 bits per heavy atom. The van der Waals surface area contributed by atoms with Crippen LogP contribution in [0.4, 0.5) is 0 Å². The Hall–Kier alpha value is -2.83. The average molecular weight is 469 g/mol. The average Bonchev–Trinajstić information content (AvgIpc) is 3.32. The summed E-state index contributed by atoms with van der Waals surface area (Å²) in [7, 11) is 3.24. The lowest BCUT2D eigenvalue weighted by atomic mass is 9.85. The smallest absolute Gasteiger partial charge is 0.307 e. The van der Waals surface area contributed by atoms with E-state index < -0.39 is 12.1 Å². The molecular formula is C27H32O5S. The van der Waals surface area contributed by atoms with Crippen LogP contribution >= 0.6 is 11.3 Å². The Bertz CT molecular complexity index is 1000. The Kier molecular flexibility index (Phi) is 8.92. The number of methoxy groups -OCH3 is 2. The lowest BCUT2D eigenvalue weighted by molar-refractivity contribution is -0.136. The van der Waals surface area contributed by atoms with Gasteiger partial charge in [0.05, 0.1) is 26.7 Å². The summed E-state index contributed by atoms with van der Waals surface area (Å²) in [4.78, 5) is 11.0. The van der Waals surface area contributed by atoms with Crippen LogP contribution in [0.5, 0.6) is 11.5 Å². The summed E-state index contributed by atoms with van der Waals surface area (Å²) in [5.41, 5.74) is 4.85. The van der Waals surface area contributed by atoms with Gasteiger partial charge in [-0.2, -0.15) is 11.3 Å². The second-order valence-corrected chi connectivity index (χ2v) is 9.15. The molecule has 2 atom stereocenters. The Balaban J connectivity index is 1.81. The molecular weight excluding hydrogens is 436 g/mol. The fraction of sp³-hybridized carbons (Fsp3) is 0.370. The highest BCUT2D eigenvalue weighted by Gasteiger charge is 2.24. The van der Waals surface area contributed by atoms with Crippen LogP contribution in [-0.2, 0) is 24.1 Å². The maximum Gasteiger partial charge on any atom is 0.307 e. The number of aryl methyl sites for hydroxylation is 1. The van der Waals surface area contributed by atoms with Gasteiger partial charge in [-0.3, -0.25) is 4.79 Å². The van der Waals surface area contributed by atoms with E-state index in [2.05, 4.69) is 16.8 Å². The number of thiophene rings is 1. The molecule has 3 aromatic rings. The zero-order valence-corrected chi connectivity index (χ0v) is 20.2. The van der Waals surface area contributed by atoms with E-state index in [-0.39, 0.29) is 12.3 Å². The quantitative estimate of drug-likeness (QED) is 0.361. The van der Waals surface area contributed by atoms with Crippen molar-refractivity contribution in [3.63, 3.8) is 0 Å². The maximum absolute atomic E-state index is 11.4. The van der Waals surface area contributed by atoms with Crippen LogP contribution in [0.15, 0.2) is 53.2 Å². The number of aliphatic carboxylic acids is 1. The van der Waals surface area contributed by atoms with Crippen LogP contribution in [0.25, 0.3) is 0 Å². The van der Waals surface area contributed by atoms with E-state index in [9.17, 15) is 9.90 Å². The summed E-state index contributed by atoms with van der Waals surface area (Å²) in [5.74, 6) is 0.537. The largest absolute Gasteiger partial charge is 0.496 e. The number of carbonyl (C=O) groups is 1. The van der Waals surface area contributed by atoms with Gasteiger partial charge in [0, 0.05) is 5.56 Å². The fourth-order valence-electron chi connectivity index (χ4n) is 4.19. The highest BCUT2D eigenvalue weighted by atomic mass is 32.1. The lowest BCUT2D eigenvalue weighted by Crippen LogP contribution is -2.16. The summed E-state index contributed by atoms with van der Waals surface area (Å²) in [6.45, 7) is 1.94. The topological polar surface area (TPSA) is 76.0 Å². The van der Waals surface area contributed by atoms with E-state index in [1.165, 1.54) is 5.56 Å². The van der Waals surface area contributed by atoms with Gasteiger partial charge in [-0.1, -0.05) is 24.3 Å². The molecule has 6 heteroatoms. The van der Waals surface area contributed by atoms with Crippen LogP contribution in [0.3, 0.4) is 0 Å². The van der Waals surface area contributed by atoms with Crippen molar-refractivity contribution >= 4 is 17.3 Å². The molecule has 1 heterocycles. The van der Waals surface area contributed by atoms with Crippen molar-refractivity contribution in [2.45, 2.75) is 45.1 Å². The number of rotatable bonds is 12. The van der Waals surface area contributed by atoms with Crippen molar-refractivity contribution in [2.24, 2.45) is 5.92 Å². The van der Waals surface area contributed by atoms with Gasteiger partial charge < -0.3 is 19.7 Å². The number of aliphatic hydroxyl groups excluding tert-OH is 1. The summed E-state index contributed by atoms with van der Waals surface area (Å²) >= 11 is 1.70. The molecule has 0 spiro atoms. The van der Waals surface area contributed by atoms with Gasteiger partial charge in [-0.15, -0.1) is 0 Å². The molecule has 0 saturated carbocycles. The maximum atomic E-state index is 11.4. The molecule has 0 amide bonds. The molecule has 1 unspecified atom stereocenters. The first-order valence-electron chi connectivity index (χ1n) is 11.1. The minimum absolute atomic E-state index is 0.00826. The van der Waals surface area contributed by atoms with Gasteiger partial charge in [0.1, 0.15) is 11.5 Å². The monoisotopic (exact) mass is 468 g/mol. The van der Waals surface area contributed by atoms with Crippen LogP contribution in [0.2, 0.25) is 0 Å². The molecule has 0 aliphatic rings. The van der Waals surface area contributed by atoms with Crippen LogP contribution in [0, 0.1) is 12.8 Å². The fourth-order valence-corrected chi connectivity index (χ4v) is 4.90. The van der Waals surface area contributed by atoms with Crippen molar-refractivity contribution in [1.82, 2.24) is 0 Å². The van der Waals surface area contributed by atoms with Crippen molar-refractivity contribution in [3.8, 4) is 11.5 Å². The lowest BCUT2D eigenvalue weighted by Gasteiger charge is -2.25. The number of carboxylic acids is 1. The minimum atomic E-state index is -0.841. The van der Waals surface area contributed by atoms with Crippen LogP contribution in [0.1, 0.15) is 46.8 Å². The predicted octanol–water partition coefficient (Wildman–Crippen LogP) is 5.62. The van der Waals surface area contributed by atoms with Crippen LogP contribution in [-0.4, -0.2) is 30.4 Å². The molecule has 0 aliphatic carbocycles. The zero-order valence-electron chi connectivity index (χ0n) is 19.4. The first-order valence-corrected chi connectivity index (χ1v) is 12.1. The number of benzene rings is 2. The molecule has 0 fully saturated rings. The number of carboxylic acid groups (broad SMARTS) is 1. The molecule has 3 rings (SSSR count). The van der Waals surface area contributed by atoms with Crippen LogP contribution < -0.4 is 9.47 Å². The molecule has 0 bridgehead atoms. The molecule has 0 aliphatic heterocycles. The molecule has 2 aromatic carbocycles. The van der Waals surface area contributed by atoms with Gasteiger partial charge in [0.25, 0.3) is 0 Å². The van der Waals surface area contributed by atoms with Gasteiger partial charge in [-0.25, -0.2) is 0 Å². The van der Waals surface area contributed by atoms with Crippen molar-refractivity contribution in [1.29, 1.82) is 0 Å². The third-order valence-electron chi connectivity index (χ3n) is 6.06. The molecule has 1 aromatic heterocycles. The number of hydrogen-bond donors (Lipinski definition) is 2. The van der Waals surface area contributed by atoms with Crippen molar-refractivity contribution in [2.75, 3.05) is 14.2 Å². The van der Waals surface area contributed by atoms with Gasteiger partial charge >= 0.3 is 5.97 Å². The minimum Gasteiger partial charge on any atom is -0.496 e. The highest BCUT2D eigenvalue weighted by Crippen LogP contribution is 2.36. The second-order valence-electron chi connectivity index (χ2n) is 8.37. The third kappa shape index (κ3) is 6.83. The Morgan fingerprint density at radius 1 is 1.00 bits per heavy atom. The van der Waals surface area contributed by atoms with E-state index in [0.717, 1.165) is 41.5 Å². The molecule has 33 heavy (non-hydrogen) atoms. The number of aliphatic hydroxyl groups is 1. The van der Waals surface area contributed by atoms with Crippen molar-refractivity contribution < 1.29 is 24.5 Å². The number of ether oxygens (including phenoxy) is 2. The summed E-state index contributed by atoms with van der Waals surface area (Å²) in [6.07, 6.45) is 2.81. The summed E-state index contributed by atoms with van der Waals surface area (Å²) in [5, 5.41) is 24.7. The molecule has 176 valence electrons. The summed E-state index contributed by atoms with van der Waals surface area (Å²) in [6, 6.07) is 13.6. The van der Waals surface area contributed by atoms with Gasteiger partial charge in [0.15, 0.2) is 0 Å². The first kappa shape index (κ1) is 24.8. The predicted molar refractivity (Wildman–Crippen MR) is 131 cm³/mol. The SMILES string of the molecule is COc1cc(C(O)[C@H](CCCc2ccsc2)Cc2ccc(CC(=O)O)cc2)cc(OC)c1C. The normalized spacial score (nSPS) is 12.8. The van der Waals surface area contributed by atoms with Gasteiger partial charge in [0.2, 0.25) is 0 Å². The first-order chi connectivity index (χ1) is 15.9. The number of hydrogen-bond acceptors (Lipinski definition) is 5. The molecule has 0 saturated heterocycles. The third-order valence-corrected chi connectivity index (χ3v) is 6.79. The Labute approximate surface area is 199 Å². The highest BCUT2D eigenvalue weighted by molar-refractivity contribution is 7.07. The zero-order chi connectivity index (χ0) is 23.8. The molecule has 5 nitrogen and oxygen atoms in total. The second kappa shape index (κ2) is 11.9. The van der Waals surface area contributed by atoms with Crippen molar-refractivity contribution in [3.05, 3.63) is 81.0 Å². The van der Waals surface area contributed by atoms with Gasteiger partial charge in [-0.05, 0) is 89.7 Å². The molecule has 2 N–H and O–H groups in total. The Morgan fingerprint density at radius 3 is 2.18 bits per heavy atom. The van der Waals surface area contributed by atoms with E-state index in [4.69, 9.17) is 14.6 Å². The molecule has 0 radical (unpaired) electrons. The van der Waals surface area contributed by atoms with E-state index in [1.807, 2.05) is 43.3 Å². The van der Waals surface area contributed by atoms with E-state index in [0.29, 0.717) is 17.9 Å². The standard InChI is InChI=1S/C27H32O5S/c1-18-24(31-2)15-23(16-25(18)32-3)27(30)22(6-4-5-21-11-12-33-17-21)13-19-7-9-20(10-8-19)14-26(28)29/h7-12,15-17,22,27,30H,4-6,13-14H2,1-3H3,(H,28,29)/t22-,27?/m1/s1. The van der Waals surface area contributed by atoms with E-state index >= 15 is 0 Å². The summed E-state index contributed by atoms with van der Waals surface area (Å²) < 4.78 is 11.0.